The maximum Gasteiger partial charge on any atom is 0.0650 e. The predicted molar refractivity (Wildman–Crippen MR) is 104 cm³/mol. The van der Waals surface area contributed by atoms with Crippen LogP contribution in [0.3, 0.4) is 0 Å². The summed E-state index contributed by atoms with van der Waals surface area (Å²) in [7, 11) is 0. The monoisotopic (exact) mass is 333 g/mol. The van der Waals surface area contributed by atoms with Crippen LogP contribution in [0.5, 0.6) is 0 Å². The lowest BCUT2D eigenvalue weighted by Gasteiger charge is -2.33. The summed E-state index contributed by atoms with van der Waals surface area (Å²) in [6, 6.07) is 13.6. The first kappa shape index (κ1) is 16.3. The van der Waals surface area contributed by atoms with E-state index in [0.717, 1.165) is 18.0 Å². The zero-order chi connectivity index (χ0) is 17.2. The third-order valence-corrected chi connectivity index (χ3v) is 5.52. The molecule has 0 amide bonds. The number of piperidine rings is 1. The van der Waals surface area contributed by atoms with Crippen molar-refractivity contribution in [2.24, 2.45) is 5.92 Å². The Morgan fingerprint density at radius 2 is 2.08 bits per heavy atom. The fraction of sp³-hybridized carbons (Fsp3) is 0.409. The molecule has 1 aromatic heterocycles. The van der Waals surface area contributed by atoms with Crippen molar-refractivity contribution < 1.29 is 0 Å². The second-order valence-electron chi connectivity index (χ2n) is 7.67. The summed E-state index contributed by atoms with van der Waals surface area (Å²) >= 11 is 0. The molecule has 1 aliphatic heterocycles. The Morgan fingerprint density at radius 1 is 1.16 bits per heavy atom. The SMILES string of the molecule is Cc1ccc(CN2CCC[C@@H](Cc3ccc4[nH]ncc4c3)C2)c(C)c1. The Morgan fingerprint density at radius 3 is 2.96 bits per heavy atom. The molecule has 1 atom stereocenters. The average Bonchev–Trinajstić information content (AvgIpc) is 3.05. The van der Waals surface area contributed by atoms with Gasteiger partial charge in [-0.1, -0.05) is 29.8 Å². The molecule has 4 rings (SSSR count). The van der Waals surface area contributed by atoms with Gasteiger partial charge in [0.25, 0.3) is 0 Å². The highest BCUT2D eigenvalue weighted by Crippen LogP contribution is 2.24. The van der Waals surface area contributed by atoms with E-state index < -0.39 is 0 Å². The molecule has 1 N–H and O–H groups in total. The van der Waals surface area contributed by atoms with Gasteiger partial charge in [0.15, 0.2) is 0 Å². The smallest absolute Gasteiger partial charge is 0.0650 e. The van der Waals surface area contributed by atoms with Crippen molar-refractivity contribution in [3.63, 3.8) is 0 Å². The molecule has 130 valence electrons. The van der Waals surface area contributed by atoms with Crippen molar-refractivity contribution in [1.29, 1.82) is 0 Å². The number of likely N-dealkylation sites (tertiary alicyclic amines) is 1. The number of hydrogen-bond acceptors (Lipinski definition) is 2. The van der Waals surface area contributed by atoms with Crippen LogP contribution in [0.2, 0.25) is 0 Å². The van der Waals surface area contributed by atoms with Crippen LogP contribution in [-0.2, 0) is 13.0 Å². The molecular formula is C22H27N3. The zero-order valence-corrected chi connectivity index (χ0v) is 15.3. The number of H-pyrrole nitrogens is 1. The fourth-order valence-corrected chi connectivity index (χ4v) is 4.18. The van der Waals surface area contributed by atoms with E-state index in [9.17, 15) is 0 Å². The highest BCUT2D eigenvalue weighted by Gasteiger charge is 2.20. The van der Waals surface area contributed by atoms with Gasteiger partial charge in [0, 0.05) is 18.5 Å². The first-order valence-corrected chi connectivity index (χ1v) is 9.38. The lowest BCUT2D eigenvalue weighted by molar-refractivity contribution is 0.167. The number of hydrogen-bond donors (Lipinski definition) is 1. The van der Waals surface area contributed by atoms with E-state index >= 15 is 0 Å². The Kier molecular flexibility index (Phi) is 4.58. The van der Waals surface area contributed by atoms with Crippen molar-refractivity contribution >= 4 is 10.9 Å². The number of benzene rings is 2. The highest BCUT2D eigenvalue weighted by atomic mass is 15.1. The van der Waals surface area contributed by atoms with Crippen LogP contribution < -0.4 is 0 Å². The number of fused-ring (bicyclic) bond motifs is 1. The first-order valence-electron chi connectivity index (χ1n) is 9.38. The first-order chi connectivity index (χ1) is 12.2. The number of aromatic amines is 1. The molecule has 3 heteroatoms. The Labute approximate surface area is 150 Å². The molecule has 3 nitrogen and oxygen atoms in total. The van der Waals surface area contributed by atoms with Crippen LogP contribution in [0.25, 0.3) is 10.9 Å². The number of rotatable bonds is 4. The molecule has 0 spiro atoms. The molecule has 0 aliphatic carbocycles. The van der Waals surface area contributed by atoms with Crippen molar-refractivity contribution in [2.45, 2.75) is 39.7 Å². The van der Waals surface area contributed by atoms with Gasteiger partial charge in [-0.05, 0) is 74.4 Å². The number of aryl methyl sites for hydroxylation is 2. The van der Waals surface area contributed by atoms with E-state index in [1.807, 2.05) is 6.20 Å². The minimum Gasteiger partial charge on any atom is -0.299 e. The maximum atomic E-state index is 4.13. The average molecular weight is 333 g/mol. The predicted octanol–water partition coefficient (Wildman–Crippen LogP) is 4.63. The van der Waals surface area contributed by atoms with E-state index in [-0.39, 0.29) is 0 Å². The molecule has 25 heavy (non-hydrogen) atoms. The molecule has 2 heterocycles. The maximum absolute atomic E-state index is 4.13. The van der Waals surface area contributed by atoms with Crippen molar-refractivity contribution in [2.75, 3.05) is 13.1 Å². The Hall–Kier alpha value is -2.13. The normalized spacial score (nSPS) is 18.7. The second kappa shape index (κ2) is 7.01. The van der Waals surface area contributed by atoms with Gasteiger partial charge in [0.2, 0.25) is 0 Å². The molecule has 1 aliphatic rings. The van der Waals surface area contributed by atoms with Gasteiger partial charge >= 0.3 is 0 Å². The molecule has 0 unspecified atom stereocenters. The fourth-order valence-electron chi connectivity index (χ4n) is 4.18. The largest absolute Gasteiger partial charge is 0.299 e. The van der Waals surface area contributed by atoms with Gasteiger partial charge in [-0.15, -0.1) is 0 Å². The van der Waals surface area contributed by atoms with Crippen LogP contribution >= 0.6 is 0 Å². The van der Waals surface area contributed by atoms with Crippen molar-refractivity contribution in [3.8, 4) is 0 Å². The summed E-state index contributed by atoms with van der Waals surface area (Å²) in [5, 5.41) is 8.39. The summed E-state index contributed by atoms with van der Waals surface area (Å²) in [5.41, 5.74) is 6.82. The van der Waals surface area contributed by atoms with Gasteiger partial charge in [-0.3, -0.25) is 10.00 Å². The molecule has 0 bridgehead atoms. The number of nitrogens with zero attached hydrogens (tertiary/aromatic N) is 2. The van der Waals surface area contributed by atoms with Crippen LogP contribution in [0.1, 0.15) is 35.1 Å². The summed E-state index contributed by atoms with van der Waals surface area (Å²) < 4.78 is 0. The molecule has 1 fully saturated rings. The van der Waals surface area contributed by atoms with Crippen LogP contribution in [0.4, 0.5) is 0 Å². The summed E-state index contributed by atoms with van der Waals surface area (Å²) in [6.07, 6.45) is 5.74. The zero-order valence-electron chi connectivity index (χ0n) is 15.3. The van der Waals surface area contributed by atoms with E-state index in [2.05, 4.69) is 65.3 Å². The number of nitrogens with one attached hydrogen (secondary N) is 1. The van der Waals surface area contributed by atoms with E-state index in [1.54, 1.807) is 0 Å². The third kappa shape index (κ3) is 3.77. The van der Waals surface area contributed by atoms with Gasteiger partial charge < -0.3 is 0 Å². The van der Waals surface area contributed by atoms with Crippen LogP contribution in [-0.4, -0.2) is 28.2 Å². The lowest BCUT2D eigenvalue weighted by atomic mass is 9.90. The lowest BCUT2D eigenvalue weighted by Crippen LogP contribution is -2.35. The summed E-state index contributed by atoms with van der Waals surface area (Å²) in [4.78, 5) is 2.64. The van der Waals surface area contributed by atoms with Crippen LogP contribution in [0, 0.1) is 19.8 Å². The molecule has 3 aromatic rings. The quantitative estimate of drug-likeness (QED) is 0.754. The second-order valence-corrected chi connectivity index (χ2v) is 7.67. The van der Waals surface area contributed by atoms with E-state index in [1.165, 1.54) is 60.0 Å². The summed E-state index contributed by atoms with van der Waals surface area (Å²) in [6.45, 7) is 7.93. The highest BCUT2D eigenvalue weighted by molar-refractivity contribution is 5.78. The van der Waals surface area contributed by atoms with Gasteiger partial charge in [-0.2, -0.15) is 5.10 Å². The minimum absolute atomic E-state index is 0.754. The standard InChI is InChI=1S/C22H27N3/c1-16-5-7-20(17(2)10-16)15-25-9-3-4-19(14-25)11-18-6-8-22-21(12-18)13-23-24-22/h5-8,10,12-13,19H,3-4,9,11,14-15H2,1-2H3,(H,23,24)/t19-/m0/s1. The molecule has 1 saturated heterocycles. The molecule has 2 aromatic carbocycles. The topological polar surface area (TPSA) is 31.9 Å². The van der Waals surface area contributed by atoms with Gasteiger partial charge in [0.1, 0.15) is 0 Å². The summed E-state index contributed by atoms with van der Waals surface area (Å²) in [5.74, 6) is 0.754. The van der Waals surface area contributed by atoms with E-state index in [4.69, 9.17) is 0 Å². The van der Waals surface area contributed by atoms with Crippen LogP contribution in [0.15, 0.2) is 42.6 Å². The van der Waals surface area contributed by atoms with Crippen molar-refractivity contribution in [1.82, 2.24) is 15.1 Å². The number of aromatic nitrogens is 2. The minimum atomic E-state index is 0.754. The van der Waals surface area contributed by atoms with Gasteiger partial charge in [0.05, 0.1) is 11.7 Å². The molecule has 0 radical (unpaired) electrons. The molecule has 0 saturated carbocycles. The van der Waals surface area contributed by atoms with Crippen molar-refractivity contribution in [3.05, 3.63) is 64.8 Å². The Balaban J connectivity index is 1.41. The van der Waals surface area contributed by atoms with E-state index in [0.29, 0.717) is 0 Å². The molecular weight excluding hydrogens is 306 g/mol. The third-order valence-electron chi connectivity index (χ3n) is 5.52. The Bertz CT molecular complexity index is 865. The van der Waals surface area contributed by atoms with Gasteiger partial charge in [-0.25, -0.2) is 0 Å².